The SMILES string of the molecule is C=CC(=O)OCCCCOCC(COc1ccc(C(=O)Oc2ccc(C(=O)Oc3ccc(OC)cc3C)cc2CNNc2nc3ccccc3s2)cc1)OC(=O)CCOC(=O)C=C. The van der Waals surface area contributed by atoms with Gasteiger partial charge in [-0.15, -0.1) is 0 Å². The number of nitrogens with one attached hydrogen (secondary N) is 2. The molecule has 0 spiro atoms. The van der Waals surface area contributed by atoms with Crippen LogP contribution < -0.4 is 29.8 Å². The van der Waals surface area contributed by atoms with Gasteiger partial charge < -0.3 is 37.9 Å². The summed E-state index contributed by atoms with van der Waals surface area (Å²) in [4.78, 5) is 66.4. The molecule has 4 aromatic carbocycles. The highest BCUT2D eigenvalue weighted by Crippen LogP contribution is 2.28. The zero-order valence-corrected chi connectivity index (χ0v) is 35.6. The summed E-state index contributed by atoms with van der Waals surface area (Å²) in [7, 11) is 1.55. The average Bonchev–Trinajstić information content (AvgIpc) is 3.71. The molecule has 5 aromatic rings. The van der Waals surface area contributed by atoms with E-state index in [9.17, 15) is 24.0 Å². The molecule has 16 nitrogen and oxygen atoms in total. The molecule has 0 fully saturated rings. The van der Waals surface area contributed by atoms with E-state index in [-0.39, 0.29) is 56.3 Å². The maximum atomic E-state index is 13.5. The minimum atomic E-state index is -0.840. The number of hydrogen-bond acceptors (Lipinski definition) is 17. The number of esters is 5. The monoisotopic (exact) mass is 881 g/mol. The minimum absolute atomic E-state index is 0.0139. The van der Waals surface area contributed by atoms with Crippen LogP contribution in [0, 0.1) is 6.92 Å². The largest absolute Gasteiger partial charge is 0.497 e. The number of rotatable bonds is 25. The molecule has 0 aliphatic rings. The van der Waals surface area contributed by atoms with E-state index < -0.39 is 36.0 Å². The smallest absolute Gasteiger partial charge is 0.343 e. The lowest BCUT2D eigenvalue weighted by molar-refractivity contribution is -0.156. The fourth-order valence-corrected chi connectivity index (χ4v) is 6.39. The number of thiazole rings is 1. The molecule has 0 saturated heterocycles. The highest BCUT2D eigenvalue weighted by atomic mass is 32.1. The molecule has 330 valence electrons. The molecule has 2 N–H and O–H groups in total. The third-order valence-corrected chi connectivity index (χ3v) is 9.74. The number of hydrazine groups is 1. The van der Waals surface area contributed by atoms with E-state index in [1.165, 1.54) is 35.6 Å². The number of hydrogen-bond donors (Lipinski definition) is 2. The van der Waals surface area contributed by atoms with Crippen molar-refractivity contribution in [3.8, 4) is 23.0 Å². The summed E-state index contributed by atoms with van der Waals surface area (Å²) < 4.78 is 44.7. The standard InChI is InChI=1S/C46H47N3O13S/c1-5-41(50)57-23-10-9-22-56-28-36(60-43(52)21-24-58-42(51)6-2)29-59-34-16-13-31(14-17-34)44(53)62-39-19-15-32(45(54)61-38-20-18-35(55-4)25-30(38)3)26-33(39)27-47-49-46-48-37-11-7-8-12-40(37)63-46/h5-8,11-20,25-26,36,47H,1-2,9-10,21-24,27-29H2,3-4H3,(H,48,49). The van der Waals surface area contributed by atoms with Gasteiger partial charge in [0.05, 0.1) is 48.1 Å². The number of methoxy groups -OCH3 is 1. The zero-order chi connectivity index (χ0) is 45.0. The average molecular weight is 882 g/mol. The summed E-state index contributed by atoms with van der Waals surface area (Å²) in [5, 5.41) is 0.617. The van der Waals surface area contributed by atoms with Crippen LogP contribution in [-0.4, -0.2) is 81.1 Å². The van der Waals surface area contributed by atoms with Gasteiger partial charge in [-0.3, -0.25) is 10.2 Å². The number of anilines is 1. The van der Waals surface area contributed by atoms with E-state index in [2.05, 4.69) is 29.0 Å². The minimum Gasteiger partial charge on any atom is -0.497 e. The van der Waals surface area contributed by atoms with E-state index in [1.807, 2.05) is 24.3 Å². The van der Waals surface area contributed by atoms with Crippen molar-refractivity contribution in [1.29, 1.82) is 0 Å². The molecule has 0 aliphatic heterocycles. The molecule has 17 heteroatoms. The zero-order valence-electron chi connectivity index (χ0n) is 34.8. The fourth-order valence-electron chi connectivity index (χ4n) is 5.55. The molecule has 1 aromatic heterocycles. The number of carbonyl (C=O) groups is 5. The van der Waals surface area contributed by atoms with Crippen LogP contribution in [0.1, 0.15) is 51.1 Å². The number of unbranched alkanes of at least 4 members (excludes halogenated alkanes) is 1. The third kappa shape index (κ3) is 15.1. The summed E-state index contributed by atoms with van der Waals surface area (Å²) in [5.74, 6) is -1.56. The Hall–Kier alpha value is -7.08. The lowest BCUT2D eigenvalue weighted by Crippen LogP contribution is -2.30. The molecule has 1 atom stereocenters. The van der Waals surface area contributed by atoms with E-state index in [4.69, 9.17) is 37.9 Å². The Morgan fingerprint density at radius 2 is 1.43 bits per heavy atom. The number of aromatic nitrogens is 1. The van der Waals surface area contributed by atoms with Crippen molar-refractivity contribution in [2.24, 2.45) is 0 Å². The first-order valence-electron chi connectivity index (χ1n) is 19.7. The van der Waals surface area contributed by atoms with Gasteiger partial charge >= 0.3 is 29.8 Å². The summed E-state index contributed by atoms with van der Waals surface area (Å²) in [6.07, 6.45) is 2.16. The Kier molecular flexibility index (Phi) is 18.2. The van der Waals surface area contributed by atoms with Crippen molar-refractivity contribution in [2.75, 3.05) is 45.6 Å². The van der Waals surface area contributed by atoms with Crippen LogP contribution in [0.25, 0.3) is 10.2 Å². The van der Waals surface area contributed by atoms with Crippen LogP contribution in [0.3, 0.4) is 0 Å². The van der Waals surface area contributed by atoms with Crippen molar-refractivity contribution in [3.63, 3.8) is 0 Å². The summed E-state index contributed by atoms with van der Waals surface area (Å²) >= 11 is 1.45. The van der Waals surface area contributed by atoms with Crippen molar-refractivity contribution in [2.45, 2.75) is 38.8 Å². The molecule has 1 unspecified atom stereocenters. The third-order valence-electron chi connectivity index (χ3n) is 8.79. The Morgan fingerprint density at radius 1 is 0.762 bits per heavy atom. The predicted octanol–water partition coefficient (Wildman–Crippen LogP) is 7.10. The topological polar surface area (TPSA) is 196 Å². The van der Waals surface area contributed by atoms with Crippen LogP contribution in [0.2, 0.25) is 0 Å². The molecular weight excluding hydrogens is 835 g/mol. The van der Waals surface area contributed by atoms with Crippen LogP contribution >= 0.6 is 11.3 Å². The first-order chi connectivity index (χ1) is 30.5. The van der Waals surface area contributed by atoms with Crippen LogP contribution in [0.4, 0.5) is 5.13 Å². The molecule has 0 aliphatic carbocycles. The fraction of sp³-hybridized carbons (Fsp3) is 0.261. The van der Waals surface area contributed by atoms with Gasteiger partial charge in [0.2, 0.25) is 0 Å². The van der Waals surface area contributed by atoms with Crippen LogP contribution in [0.15, 0.2) is 110 Å². The first-order valence-corrected chi connectivity index (χ1v) is 20.5. The Balaban J connectivity index is 1.22. The van der Waals surface area contributed by atoms with Gasteiger partial charge in [0.25, 0.3) is 0 Å². The van der Waals surface area contributed by atoms with Gasteiger partial charge in [-0.25, -0.2) is 29.6 Å². The van der Waals surface area contributed by atoms with Gasteiger partial charge in [0.1, 0.15) is 36.2 Å². The maximum Gasteiger partial charge on any atom is 0.343 e. The maximum absolute atomic E-state index is 13.5. The van der Waals surface area contributed by atoms with E-state index in [0.717, 1.165) is 22.4 Å². The Labute approximate surface area is 367 Å². The van der Waals surface area contributed by atoms with E-state index >= 15 is 0 Å². The number of benzene rings is 4. The first kappa shape index (κ1) is 47.0. The lowest BCUT2D eigenvalue weighted by atomic mass is 10.1. The molecule has 5 rings (SSSR count). The lowest BCUT2D eigenvalue weighted by Gasteiger charge is -2.19. The molecule has 0 radical (unpaired) electrons. The highest BCUT2D eigenvalue weighted by molar-refractivity contribution is 7.22. The number of ether oxygens (including phenoxy) is 8. The molecule has 63 heavy (non-hydrogen) atoms. The highest BCUT2D eigenvalue weighted by Gasteiger charge is 2.20. The molecule has 0 saturated carbocycles. The Morgan fingerprint density at radius 3 is 2.16 bits per heavy atom. The van der Waals surface area contributed by atoms with Crippen LogP contribution in [0.5, 0.6) is 23.0 Å². The number of para-hydroxylation sites is 1. The number of nitrogens with zero attached hydrogens (tertiary/aromatic N) is 1. The van der Waals surface area contributed by atoms with Crippen LogP contribution in [-0.2, 0) is 39.9 Å². The van der Waals surface area contributed by atoms with E-state index in [1.54, 1.807) is 50.4 Å². The van der Waals surface area contributed by atoms with Crippen molar-refractivity contribution in [1.82, 2.24) is 10.4 Å². The Bertz CT molecular complexity index is 2350. The molecular formula is C46H47N3O13S. The molecule has 0 amide bonds. The van der Waals surface area contributed by atoms with Crippen molar-refractivity contribution >= 4 is 56.5 Å². The second kappa shape index (κ2) is 24.4. The quantitative estimate of drug-likeness (QED) is 0.0150. The summed E-state index contributed by atoms with van der Waals surface area (Å²) in [6, 6.07) is 23.6. The summed E-state index contributed by atoms with van der Waals surface area (Å²) in [5.41, 5.74) is 8.62. The van der Waals surface area contributed by atoms with Crippen molar-refractivity contribution in [3.05, 3.63) is 132 Å². The second-order valence-electron chi connectivity index (χ2n) is 13.4. The molecule has 0 bridgehead atoms. The number of fused-ring (bicyclic) bond motifs is 1. The van der Waals surface area contributed by atoms with Gasteiger partial charge in [0.15, 0.2) is 11.2 Å². The van der Waals surface area contributed by atoms with Gasteiger partial charge in [-0.1, -0.05) is 36.6 Å². The normalized spacial score (nSPS) is 11.1. The van der Waals surface area contributed by atoms with Crippen molar-refractivity contribution < 1.29 is 61.9 Å². The van der Waals surface area contributed by atoms with Gasteiger partial charge in [0, 0.05) is 30.9 Å². The predicted molar refractivity (Wildman–Crippen MR) is 233 cm³/mol. The van der Waals surface area contributed by atoms with Gasteiger partial charge in [-0.05, 0) is 98.1 Å². The number of aryl methyl sites for hydroxylation is 1. The van der Waals surface area contributed by atoms with Gasteiger partial charge in [-0.2, -0.15) is 0 Å². The summed E-state index contributed by atoms with van der Waals surface area (Å²) in [6.45, 7) is 8.78. The van der Waals surface area contributed by atoms with E-state index in [0.29, 0.717) is 53.0 Å². The second-order valence-corrected chi connectivity index (χ2v) is 14.5. The number of carbonyl (C=O) groups excluding carboxylic acids is 5. The molecule has 1 heterocycles.